The second-order valence-corrected chi connectivity index (χ2v) is 6.00. The van der Waals surface area contributed by atoms with Crippen molar-refractivity contribution in [2.45, 2.75) is 32.9 Å². The van der Waals surface area contributed by atoms with Gasteiger partial charge >= 0.3 is 5.97 Å². The van der Waals surface area contributed by atoms with Gasteiger partial charge in [-0.15, -0.1) is 0 Å². The molecule has 0 bridgehead atoms. The van der Waals surface area contributed by atoms with Gasteiger partial charge in [-0.05, 0) is 11.1 Å². The van der Waals surface area contributed by atoms with Crippen LogP contribution < -0.4 is 5.32 Å². The Bertz CT molecular complexity index is 653. The van der Waals surface area contributed by atoms with Crippen molar-refractivity contribution in [1.29, 1.82) is 0 Å². The molecule has 2 aromatic rings. The zero-order valence-corrected chi connectivity index (χ0v) is 14.1. The Hall–Kier alpha value is -2.62. The maximum absolute atomic E-state index is 12.4. The summed E-state index contributed by atoms with van der Waals surface area (Å²) in [7, 11) is 0. The quantitative estimate of drug-likeness (QED) is 0.796. The third kappa shape index (κ3) is 5.54. The lowest BCUT2D eigenvalue weighted by atomic mass is 10.0. The van der Waals surface area contributed by atoms with E-state index in [0.29, 0.717) is 6.42 Å². The van der Waals surface area contributed by atoms with Crippen molar-refractivity contribution in [3.05, 3.63) is 71.8 Å². The normalized spacial score (nSPS) is 11.8. The minimum Gasteiger partial charge on any atom is -0.459 e. The molecular weight excluding hydrogens is 302 g/mol. The highest BCUT2D eigenvalue weighted by Gasteiger charge is 2.23. The number of carbonyl (C=O) groups is 2. The fourth-order valence-corrected chi connectivity index (χ4v) is 2.21. The Morgan fingerprint density at radius 3 is 2.00 bits per heavy atom. The largest absolute Gasteiger partial charge is 0.459 e. The summed E-state index contributed by atoms with van der Waals surface area (Å²) in [5, 5.41) is 2.79. The molecule has 0 fully saturated rings. The maximum atomic E-state index is 12.4. The van der Waals surface area contributed by atoms with Crippen molar-refractivity contribution in [2.24, 2.45) is 5.92 Å². The Kier molecular flexibility index (Phi) is 6.55. The van der Waals surface area contributed by atoms with Gasteiger partial charge in [-0.3, -0.25) is 4.79 Å². The van der Waals surface area contributed by atoms with Crippen molar-refractivity contribution < 1.29 is 14.3 Å². The van der Waals surface area contributed by atoms with Gasteiger partial charge in [-0.2, -0.15) is 0 Å². The molecule has 24 heavy (non-hydrogen) atoms. The average molecular weight is 325 g/mol. The van der Waals surface area contributed by atoms with Crippen LogP contribution in [0.15, 0.2) is 60.7 Å². The Morgan fingerprint density at radius 2 is 1.46 bits per heavy atom. The summed E-state index contributed by atoms with van der Waals surface area (Å²) < 4.78 is 5.39. The maximum Gasteiger partial charge on any atom is 0.329 e. The first-order valence-electron chi connectivity index (χ1n) is 8.11. The van der Waals surface area contributed by atoms with Crippen LogP contribution in [-0.4, -0.2) is 17.9 Å². The van der Waals surface area contributed by atoms with Crippen LogP contribution in [0.4, 0.5) is 0 Å². The molecule has 0 aromatic heterocycles. The smallest absolute Gasteiger partial charge is 0.329 e. The first-order valence-corrected chi connectivity index (χ1v) is 8.11. The SMILES string of the molecule is CC(C)C(=O)N[C@@H](Cc1ccccc1)C(=O)OCc1ccccc1. The fourth-order valence-electron chi connectivity index (χ4n) is 2.21. The lowest BCUT2D eigenvalue weighted by Crippen LogP contribution is -2.44. The third-order valence-corrected chi connectivity index (χ3v) is 3.63. The summed E-state index contributed by atoms with van der Waals surface area (Å²) in [6.45, 7) is 3.79. The number of hydrogen-bond donors (Lipinski definition) is 1. The Balaban J connectivity index is 2.03. The van der Waals surface area contributed by atoms with Crippen molar-refractivity contribution in [2.75, 3.05) is 0 Å². The molecule has 0 unspecified atom stereocenters. The van der Waals surface area contributed by atoms with Gasteiger partial charge < -0.3 is 10.1 Å². The standard InChI is InChI=1S/C20H23NO3/c1-15(2)19(22)21-18(13-16-9-5-3-6-10-16)20(23)24-14-17-11-7-4-8-12-17/h3-12,15,18H,13-14H2,1-2H3,(H,21,22)/t18-/m0/s1. The second-order valence-electron chi connectivity index (χ2n) is 6.00. The van der Waals surface area contributed by atoms with E-state index in [0.717, 1.165) is 11.1 Å². The van der Waals surface area contributed by atoms with Crippen LogP contribution in [0, 0.1) is 5.92 Å². The van der Waals surface area contributed by atoms with Crippen molar-refractivity contribution in [3.63, 3.8) is 0 Å². The Labute approximate surface area is 142 Å². The summed E-state index contributed by atoms with van der Waals surface area (Å²) in [4.78, 5) is 24.4. The van der Waals surface area contributed by atoms with Crippen molar-refractivity contribution in [3.8, 4) is 0 Å². The Morgan fingerprint density at radius 1 is 0.917 bits per heavy atom. The summed E-state index contributed by atoms with van der Waals surface area (Å²) in [6.07, 6.45) is 0.410. The summed E-state index contributed by atoms with van der Waals surface area (Å²) in [6, 6.07) is 18.4. The second kappa shape index (κ2) is 8.87. The zero-order chi connectivity index (χ0) is 17.4. The van der Waals surface area contributed by atoms with E-state index in [1.54, 1.807) is 13.8 Å². The molecule has 1 N–H and O–H groups in total. The molecule has 4 heteroatoms. The molecule has 0 saturated heterocycles. The van der Waals surface area contributed by atoms with Crippen LogP contribution in [0.25, 0.3) is 0 Å². The van der Waals surface area contributed by atoms with Gasteiger partial charge in [0.1, 0.15) is 12.6 Å². The van der Waals surface area contributed by atoms with Gasteiger partial charge in [0.2, 0.25) is 5.91 Å². The van der Waals surface area contributed by atoms with Gasteiger partial charge in [0.05, 0.1) is 0 Å². The molecular formula is C20H23NO3. The monoisotopic (exact) mass is 325 g/mol. The highest BCUT2D eigenvalue weighted by atomic mass is 16.5. The van der Waals surface area contributed by atoms with Crippen LogP contribution >= 0.6 is 0 Å². The molecule has 0 spiro atoms. The molecule has 2 aromatic carbocycles. The number of ether oxygens (including phenoxy) is 1. The van der Waals surface area contributed by atoms with E-state index < -0.39 is 12.0 Å². The highest BCUT2D eigenvalue weighted by Crippen LogP contribution is 2.08. The predicted octanol–water partition coefficient (Wildman–Crippen LogP) is 3.11. The molecule has 0 heterocycles. The number of hydrogen-bond acceptors (Lipinski definition) is 3. The van der Waals surface area contributed by atoms with Crippen molar-refractivity contribution >= 4 is 11.9 Å². The predicted molar refractivity (Wildman–Crippen MR) is 93.2 cm³/mol. The summed E-state index contributed by atoms with van der Waals surface area (Å²) >= 11 is 0. The van der Waals surface area contributed by atoms with E-state index in [-0.39, 0.29) is 18.4 Å². The van der Waals surface area contributed by atoms with Crippen LogP contribution in [0.1, 0.15) is 25.0 Å². The van der Waals surface area contributed by atoms with Crippen LogP contribution in [0.3, 0.4) is 0 Å². The van der Waals surface area contributed by atoms with Gasteiger partial charge in [0, 0.05) is 12.3 Å². The summed E-state index contributed by atoms with van der Waals surface area (Å²) in [5.74, 6) is -0.769. The molecule has 1 amide bonds. The van der Waals surface area contributed by atoms with Gasteiger partial charge in [0.15, 0.2) is 0 Å². The topological polar surface area (TPSA) is 55.4 Å². The first kappa shape index (κ1) is 17.7. The molecule has 0 aliphatic rings. The van der Waals surface area contributed by atoms with E-state index in [2.05, 4.69) is 5.32 Å². The zero-order valence-electron chi connectivity index (χ0n) is 14.1. The van der Waals surface area contributed by atoms with Gasteiger partial charge in [0.25, 0.3) is 0 Å². The molecule has 0 aliphatic heterocycles. The molecule has 126 valence electrons. The molecule has 4 nitrogen and oxygen atoms in total. The lowest BCUT2D eigenvalue weighted by molar-refractivity contribution is -0.149. The summed E-state index contributed by atoms with van der Waals surface area (Å²) in [5.41, 5.74) is 1.89. The van der Waals surface area contributed by atoms with Gasteiger partial charge in [-0.25, -0.2) is 4.79 Å². The number of esters is 1. The van der Waals surface area contributed by atoms with Crippen molar-refractivity contribution in [1.82, 2.24) is 5.32 Å². The molecule has 0 radical (unpaired) electrons. The molecule has 2 rings (SSSR count). The van der Waals surface area contributed by atoms with E-state index in [4.69, 9.17) is 4.74 Å². The van der Waals surface area contributed by atoms with Crippen LogP contribution in [0.2, 0.25) is 0 Å². The fraction of sp³-hybridized carbons (Fsp3) is 0.300. The average Bonchev–Trinajstić information content (AvgIpc) is 2.60. The van der Waals surface area contributed by atoms with E-state index in [1.807, 2.05) is 60.7 Å². The number of nitrogens with one attached hydrogen (secondary N) is 1. The molecule has 0 aliphatic carbocycles. The molecule has 0 saturated carbocycles. The minimum atomic E-state index is -0.689. The lowest BCUT2D eigenvalue weighted by Gasteiger charge is -2.19. The number of amides is 1. The van der Waals surface area contributed by atoms with E-state index >= 15 is 0 Å². The van der Waals surface area contributed by atoms with E-state index in [9.17, 15) is 9.59 Å². The van der Waals surface area contributed by atoms with Crippen LogP contribution in [-0.2, 0) is 27.4 Å². The van der Waals surface area contributed by atoms with Gasteiger partial charge in [-0.1, -0.05) is 74.5 Å². The highest BCUT2D eigenvalue weighted by molar-refractivity contribution is 5.85. The molecule has 1 atom stereocenters. The number of rotatable bonds is 7. The minimum absolute atomic E-state index is 0.160. The van der Waals surface area contributed by atoms with Crippen LogP contribution in [0.5, 0.6) is 0 Å². The third-order valence-electron chi connectivity index (χ3n) is 3.63. The van der Waals surface area contributed by atoms with E-state index in [1.165, 1.54) is 0 Å². The number of benzene rings is 2. The first-order chi connectivity index (χ1) is 11.6. The number of carbonyl (C=O) groups excluding carboxylic acids is 2.